The highest BCUT2D eigenvalue weighted by Crippen LogP contribution is 2.31. The van der Waals surface area contributed by atoms with Crippen molar-refractivity contribution in [3.8, 4) is 16.9 Å². The monoisotopic (exact) mass is 273 g/mol. The van der Waals surface area contributed by atoms with Crippen LogP contribution in [0.3, 0.4) is 0 Å². The summed E-state index contributed by atoms with van der Waals surface area (Å²) in [4.78, 5) is 10.3. The van der Waals surface area contributed by atoms with Crippen molar-refractivity contribution in [1.29, 1.82) is 0 Å². The van der Waals surface area contributed by atoms with Crippen molar-refractivity contribution < 1.29 is 13.9 Å². The van der Waals surface area contributed by atoms with Crippen LogP contribution in [0.25, 0.3) is 11.1 Å². The second-order valence-corrected chi connectivity index (χ2v) is 4.27. The third kappa shape index (κ3) is 3.35. The molecule has 3 nitrogen and oxygen atoms in total. The molecule has 0 atom stereocenters. The van der Waals surface area contributed by atoms with Crippen LogP contribution in [-0.2, 0) is 11.3 Å². The Morgan fingerprint density at radius 2 is 1.95 bits per heavy atom. The van der Waals surface area contributed by atoms with Crippen LogP contribution in [0.2, 0.25) is 0 Å². The fraction of sp³-hybridized carbons (Fsp3) is 0.188. The van der Waals surface area contributed by atoms with Gasteiger partial charge in [-0.25, -0.2) is 4.39 Å². The average Bonchev–Trinajstić information content (AvgIpc) is 2.46. The Morgan fingerprint density at radius 3 is 2.60 bits per heavy atom. The van der Waals surface area contributed by atoms with E-state index in [1.807, 2.05) is 31.2 Å². The van der Waals surface area contributed by atoms with Gasteiger partial charge in [-0.1, -0.05) is 24.3 Å². The van der Waals surface area contributed by atoms with Gasteiger partial charge in [0.05, 0.1) is 6.61 Å². The van der Waals surface area contributed by atoms with E-state index in [-0.39, 0.29) is 5.82 Å². The summed E-state index contributed by atoms with van der Waals surface area (Å²) in [6.45, 7) is 2.84. The molecule has 0 bridgehead atoms. The molecule has 104 valence electrons. The van der Waals surface area contributed by atoms with Gasteiger partial charge in [0.25, 0.3) is 0 Å². The maximum atomic E-state index is 13.3. The van der Waals surface area contributed by atoms with E-state index >= 15 is 0 Å². The van der Waals surface area contributed by atoms with Gasteiger partial charge in [-0.15, -0.1) is 0 Å². The lowest BCUT2D eigenvalue weighted by Gasteiger charge is -2.11. The molecule has 2 aromatic carbocycles. The van der Waals surface area contributed by atoms with Gasteiger partial charge in [0.2, 0.25) is 6.41 Å². The molecule has 0 aromatic heterocycles. The first kappa shape index (κ1) is 14.1. The zero-order chi connectivity index (χ0) is 14.4. The van der Waals surface area contributed by atoms with E-state index in [0.29, 0.717) is 25.3 Å². The summed E-state index contributed by atoms with van der Waals surface area (Å²) in [5, 5.41) is 2.61. The van der Waals surface area contributed by atoms with Crippen molar-refractivity contribution >= 4 is 6.41 Å². The molecule has 20 heavy (non-hydrogen) atoms. The molecule has 1 N–H and O–H groups in total. The number of amides is 1. The number of hydrogen-bond donors (Lipinski definition) is 1. The maximum absolute atomic E-state index is 13.3. The minimum absolute atomic E-state index is 0.316. The summed E-state index contributed by atoms with van der Waals surface area (Å²) >= 11 is 0. The zero-order valence-corrected chi connectivity index (χ0v) is 11.2. The highest BCUT2D eigenvalue weighted by molar-refractivity contribution is 5.70. The van der Waals surface area contributed by atoms with Crippen molar-refractivity contribution in [1.82, 2.24) is 5.32 Å². The predicted molar refractivity (Wildman–Crippen MR) is 75.9 cm³/mol. The molecule has 0 aliphatic heterocycles. The maximum Gasteiger partial charge on any atom is 0.207 e. The SMILES string of the molecule is CCOc1cc(F)ccc1-c1ccc(CNC=O)cc1. The molecule has 4 heteroatoms. The van der Waals surface area contributed by atoms with Crippen LogP contribution in [0, 0.1) is 5.82 Å². The molecule has 0 aliphatic carbocycles. The van der Waals surface area contributed by atoms with Crippen LogP contribution in [0.15, 0.2) is 42.5 Å². The summed E-state index contributed by atoms with van der Waals surface area (Å²) < 4.78 is 18.7. The van der Waals surface area contributed by atoms with Crippen LogP contribution in [0.5, 0.6) is 5.75 Å². The lowest BCUT2D eigenvalue weighted by atomic mass is 10.0. The Balaban J connectivity index is 2.28. The van der Waals surface area contributed by atoms with E-state index in [9.17, 15) is 9.18 Å². The molecule has 0 saturated carbocycles. The standard InChI is InChI=1S/C16H16FNO2/c1-2-20-16-9-14(17)7-8-15(16)13-5-3-12(4-6-13)10-18-11-19/h3-9,11H,2,10H2,1H3,(H,18,19). The first-order valence-corrected chi connectivity index (χ1v) is 6.43. The number of nitrogens with one attached hydrogen (secondary N) is 1. The Hall–Kier alpha value is -2.36. The molecule has 2 aromatic rings. The van der Waals surface area contributed by atoms with Crippen molar-refractivity contribution in [3.05, 3.63) is 53.8 Å². The normalized spacial score (nSPS) is 10.1. The van der Waals surface area contributed by atoms with Crippen molar-refractivity contribution in [3.63, 3.8) is 0 Å². The molecule has 0 heterocycles. The van der Waals surface area contributed by atoms with Gasteiger partial charge in [0, 0.05) is 18.2 Å². The summed E-state index contributed by atoms with van der Waals surface area (Å²) in [6, 6.07) is 12.2. The number of carbonyl (C=O) groups excluding carboxylic acids is 1. The minimum atomic E-state index is -0.316. The zero-order valence-electron chi connectivity index (χ0n) is 11.2. The summed E-state index contributed by atoms with van der Waals surface area (Å²) in [5.41, 5.74) is 2.80. The molecule has 1 amide bonds. The van der Waals surface area contributed by atoms with Crippen LogP contribution < -0.4 is 10.1 Å². The number of benzene rings is 2. The molecule has 0 aliphatic rings. The summed E-state index contributed by atoms with van der Waals surface area (Å²) in [7, 11) is 0. The van der Waals surface area contributed by atoms with Gasteiger partial charge in [-0.05, 0) is 30.2 Å². The number of carbonyl (C=O) groups is 1. The van der Waals surface area contributed by atoms with E-state index < -0.39 is 0 Å². The number of ether oxygens (including phenoxy) is 1. The van der Waals surface area contributed by atoms with Gasteiger partial charge < -0.3 is 10.1 Å². The molecule has 2 rings (SSSR count). The number of halogens is 1. The second kappa shape index (κ2) is 6.70. The van der Waals surface area contributed by atoms with Gasteiger partial charge >= 0.3 is 0 Å². The summed E-state index contributed by atoms with van der Waals surface area (Å²) in [5.74, 6) is 0.218. The van der Waals surface area contributed by atoms with Crippen LogP contribution in [-0.4, -0.2) is 13.0 Å². The van der Waals surface area contributed by atoms with Gasteiger partial charge in [-0.2, -0.15) is 0 Å². The van der Waals surface area contributed by atoms with E-state index in [0.717, 1.165) is 16.7 Å². The largest absolute Gasteiger partial charge is 0.493 e. The van der Waals surface area contributed by atoms with Crippen molar-refractivity contribution in [2.24, 2.45) is 0 Å². The fourth-order valence-electron chi connectivity index (χ4n) is 1.97. The molecule has 0 spiro atoms. The first-order valence-electron chi connectivity index (χ1n) is 6.43. The minimum Gasteiger partial charge on any atom is -0.493 e. The molecule has 0 unspecified atom stereocenters. The quantitative estimate of drug-likeness (QED) is 0.821. The highest BCUT2D eigenvalue weighted by atomic mass is 19.1. The summed E-state index contributed by atoms with van der Waals surface area (Å²) in [6.07, 6.45) is 0.668. The van der Waals surface area contributed by atoms with Crippen LogP contribution in [0.1, 0.15) is 12.5 Å². The fourth-order valence-corrected chi connectivity index (χ4v) is 1.97. The van der Waals surface area contributed by atoms with Gasteiger partial charge in [0.15, 0.2) is 0 Å². The number of rotatable bonds is 6. The van der Waals surface area contributed by atoms with E-state index in [4.69, 9.17) is 4.74 Å². The smallest absolute Gasteiger partial charge is 0.207 e. The molecule has 0 saturated heterocycles. The van der Waals surface area contributed by atoms with Crippen LogP contribution in [0.4, 0.5) is 4.39 Å². The van der Waals surface area contributed by atoms with Gasteiger partial charge in [-0.3, -0.25) is 4.79 Å². The third-order valence-corrected chi connectivity index (χ3v) is 2.90. The Kier molecular flexibility index (Phi) is 4.71. The lowest BCUT2D eigenvalue weighted by molar-refractivity contribution is -0.109. The van der Waals surface area contributed by atoms with E-state index in [2.05, 4.69) is 5.32 Å². The average molecular weight is 273 g/mol. The first-order chi connectivity index (χ1) is 9.74. The Labute approximate surface area is 117 Å². The van der Waals surface area contributed by atoms with E-state index in [1.165, 1.54) is 12.1 Å². The van der Waals surface area contributed by atoms with Gasteiger partial charge in [0.1, 0.15) is 11.6 Å². The second-order valence-electron chi connectivity index (χ2n) is 4.27. The highest BCUT2D eigenvalue weighted by Gasteiger charge is 2.07. The predicted octanol–water partition coefficient (Wildman–Crippen LogP) is 3.14. The molecular weight excluding hydrogens is 257 g/mol. The molecule has 0 fully saturated rings. The topological polar surface area (TPSA) is 38.3 Å². The molecular formula is C16H16FNO2. The Morgan fingerprint density at radius 1 is 1.20 bits per heavy atom. The van der Waals surface area contributed by atoms with Crippen LogP contribution >= 0.6 is 0 Å². The van der Waals surface area contributed by atoms with Crippen molar-refractivity contribution in [2.45, 2.75) is 13.5 Å². The Bertz CT molecular complexity index is 582. The third-order valence-electron chi connectivity index (χ3n) is 2.90. The van der Waals surface area contributed by atoms with Crippen molar-refractivity contribution in [2.75, 3.05) is 6.61 Å². The molecule has 0 radical (unpaired) electrons. The number of hydrogen-bond acceptors (Lipinski definition) is 2. The van der Waals surface area contributed by atoms with E-state index in [1.54, 1.807) is 6.07 Å². The lowest BCUT2D eigenvalue weighted by Crippen LogP contribution is -2.09.